The van der Waals surface area contributed by atoms with E-state index >= 15 is 0 Å². The number of ether oxygens (including phenoxy) is 1. The second kappa shape index (κ2) is 4.91. The van der Waals surface area contributed by atoms with E-state index in [1.54, 1.807) is 19.9 Å². The molecular weight excluding hydrogens is 142 g/mol. The molecule has 0 rings (SSSR count). The first-order chi connectivity index (χ1) is 5.07. The number of carbonyl (C=O) groups excluding carboxylic acids is 1. The molecular formula is C8H15NO2. The molecule has 0 bridgehead atoms. The van der Waals surface area contributed by atoms with Crippen LogP contribution in [0.4, 0.5) is 0 Å². The first-order valence-corrected chi connectivity index (χ1v) is 3.69. The maximum absolute atomic E-state index is 10.9. The molecule has 11 heavy (non-hydrogen) atoms. The lowest BCUT2D eigenvalue weighted by atomic mass is 10.2. The quantitative estimate of drug-likeness (QED) is 0.488. The van der Waals surface area contributed by atoms with Crippen molar-refractivity contribution < 1.29 is 9.53 Å². The van der Waals surface area contributed by atoms with E-state index in [-0.39, 0.29) is 12.0 Å². The van der Waals surface area contributed by atoms with Crippen LogP contribution in [0.15, 0.2) is 11.6 Å². The van der Waals surface area contributed by atoms with Gasteiger partial charge in [-0.15, -0.1) is 0 Å². The molecule has 0 aliphatic heterocycles. The zero-order valence-electron chi connectivity index (χ0n) is 7.26. The molecule has 0 aromatic heterocycles. The van der Waals surface area contributed by atoms with E-state index in [1.807, 2.05) is 6.92 Å². The van der Waals surface area contributed by atoms with Gasteiger partial charge in [0.2, 0.25) is 0 Å². The number of hydrogen-bond acceptors (Lipinski definition) is 3. The molecule has 0 heterocycles. The van der Waals surface area contributed by atoms with E-state index in [1.165, 1.54) is 0 Å². The Morgan fingerprint density at radius 2 is 2.27 bits per heavy atom. The molecule has 0 unspecified atom stereocenters. The zero-order chi connectivity index (χ0) is 8.85. The fraction of sp³-hybridized carbons (Fsp3) is 0.625. The number of rotatable bonds is 3. The highest BCUT2D eigenvalue weighted by Crippen LogP contribution is 1.97. The zero-order valence-corrected chi connectivity index (χ0v) is 7.26. The number of nitrogens with two attached hydrogens (primary N) is 1. The van der Waals surface area contributed by atoms with Crippen molar-refractivity contribution in [1.29, 1.82) is 0 Å². The number of carbonyl (C=O) groups is 1. The van der Waals surface area contributed by atoms with E-state index in [0.717, 1.165) is 0 Å². The lowest BCUT2D eigenvalue weighted by Gasteiger charge is -2.02. The normalized spacial score (nSPS) is 14.4. The van der Waals surface area contributed by atoms with Crippen LogP contribution < -0.4 is 5.73 Å². The summed E-state index contributed by atoms with van der Waals surface area (Å²) in [5, 5.41) is 0. The smallest absolute Gasteiger partial charge is 0.333 e. The number of esters is 1. The van der Waals surface area contributed by atoms with Crippen LogP contribution >= 0.6 is 0 Å². The van der Waals surface area contributed by atoms with Crippen LogP contribution in [0.2, 0.25) is 0 Å². The van der Waals surface area contributed by atoms with Crippen molar-refractivity contribution in [1.82, 2.24) is 0 Å². The number of hydrogen-bond donors (Lipinski definition) is 1. The van der Waals surface area contributed by atoms with Crippen molar-refractivity contribution in [3.63, 3.8) is 0 Å². The lowest BCUT2D eigenvalue weighted by Crippen LogP contribution is -2.14. The van der Waals surface area contributed by atoms with Crippen LogP contribution in [0.3, 0.4) is 0 Å². The second-order valence-electron chi connectivity index (χ2n) is 2.43. The summed E-state index contributed by atoms with van der Waals surface area (Å²) in [5.41, 5.74) is 6.01. The summed E-state index contributed by atoms with van der Waals surface area (Å²) >= 11 is 0. The lowest BCUT2D eigenvalue weighted by molar-refractivity contribution is -0.138. The van der Waals surface area contributed by atoms with Gasteiger partial charge >= 0.3 is 5.97 Å². The minimum atomic E-state index is -0.287. The molecule has 0 amide bonds. The molecule has 0 saturated carbocycles. The van der Waals surface area contributed by atoms with Crippen LogP contribution in [-0.2, 0) is 9.53 Å². The Labute approximate surface area is 67.2 Å². The summed E-state index contributed by atoms with van der Waals surface area (Å²) in [6, 6.07) is -0.0978. The molecule has 0 aromatic carbocycles. The Hall–Kier alpha value is -0.830. The van der Waals surface area contributed by atoms with Crippen molar-refractivity contribution in [2.45, 2.75) is 26.8 Å². The monoisotopic (exact) mass is 157 g/mol. The molecule has 1 atom stereocenters. The highest BCUT2D eigenvalue weighted by Gasteiger charge is 2.03. The van der Waals surface area contributed by atoms with Crippen LogP contribution in [0.25, 0.3) is 0 Å². The van der Waals surface area contributed by atoms with Crippen LogP contribution in [-0.4, -0.2) is 18.6 Å². The molecule has 0 aromatic rings. The molecule has 3 heteroatoms. The van der Waals surface area contributed by atoms with Gasteiger partial charge in [-0.05, 0) is 20.8 Å². The fourth-order valence-electron chi connectivity index (χ4n) is 0.707. The average molecular weight is 157 g/mol. The maximum atomic E-state index is 10.9. The summed E-state index contributed by atoms with van der Waals surface area (Å²) in [6.07, 6.45) is 1.68. The van der Waals surface area contributed by atoms with Gasteiger partial charge in [0.1, 0.15) is 0 Å². The minimum Gasteiger partial charge on any atom is -0.463 e. The van der Waals surface area contributed by atoms with E-state index in [0.29, 0.717) is 12.2 Å². The van der Waals surface area contributed by atoms with Gasteiger partial charge in [0.05, 0.1) is 6.61 Å². The van der Waals surface area contributed by atoms with E-state index in [2.05, 4.69) is 0 Å². The minimum absolute atomic E-state index is 0.0978. The summed E-state index contributed by atoms with van der Waals surface area (Å²) in [4.78, 5) is 10.9. The summed E-state index contributed by atoms with van der Waals surface area (Å²) in [5.74, 6) is -0.287. The first-order valence-electron chi connectivity index (χ1n) is 3.69. The van der Waals surface area contributed by atoms with Crippen molar-refractivity contribution >= 4 is 5.97 Å². The predicted octanol–water partition coefficient (Wildman–Crippen LogP) is 0.843. The third-order valence-corrected chi connectivity index (χ3v) is 1.11. The first kappa shape index (κ1) is 10.2. The molecule has 0 aliphatic carbocycles. The average Bonchev–Trinajstić information content (AvgIpc) is 1.86. The summed E-state index contributed by atoms with van der Waals surface area (Å²) in [7, 11) is 0. The molecule has 0 saturated heterocycles. The van der Waals surface area contributed by atoms with Gasteiger partial charge in [-0.2, -0.15) is 0 Å². The Kier molecular flexibility index (Phi) is 4.54. The van der Waals surface area contributed by atoms with Gasteiger partial charge in [-0.1, -0.05) is 6.08 Å². The molecule has 2 N–H and O–H groups in total. The molecule has 64 valence electrons. The van der Waals surface area contributed by atoms with Crippen LogP contribution in [0.5, 0.6) is 0 Å². The van der Waals surface area contributed by atoms with Gasteiger partial charge in [-0.3, -0.25) is 0 Å². The molecule has 0 spiro atoms. The van der Waals surface area contributed by atoms with Crippen molar-refractivity contribution in [2.75, 3.05) is 6.61 Å². The maximum Gasteiger partial charge on any atom is 0.333 e. The van der Waals surface area contributed by atoms with E-state index in [4.69, 9.17) is 10.5 Å². The Bertz CT molecular complexity index is 161. The van der Waals surface area contributed by atoms with Crippen molar-refractivity contribution in [3.05, 3.63) is 11.6 Å². The van der Waals surface area contributed by atoms with Crippen LogP contribution in [0, 0.1) is 0 Å². The third kappa shape index (κ3) is 4.56. The highest BCUT2D eigenvalue weighted by atomic mass is 16.5. The largest absolute Gasteiger partial charge is 0.463 e. The Morgan fingerprint density at radius 1 is 1.73 bits per heavy atom. The predicted molar refractivity (Wildman–Crippen MR) is 44.0 cm³/mol. The summed E-state index contributed by atoms with van der Waals surface area (Å²) in [6.45, 7) is 5.68. The summed E-state index contributed by atoms with van der Waals surface area (Å²) < 4.78 is 4.74. The molecule has 0 radical (unpaired) electrons. The third-order valence-electron chi connectivity index (χ3n) is 1.11. The van der Waals surface area contributed by atoms with Crippen molar-refractivity contribution in [2.24, 2.45) is 5.73 Å². The Balaban J connectivity index is 4.01. The van der Waals surface area contributed by atoms with E-state index < -0.39 is 0 Å². The highest BCUT2D eigenvalue weighted by molar-refractivity contribution is 5.87. The van der Waals surface area contributed by atoms with Crippen molar-refractivity contribution in [3.8, 4) is 0 Å². The fourth-order valence-corrected chi connectivity index (χ4v) is 0.707. The van der Waals surface area contributed by atoms with Gasteiger partial charge < -0.3 is 10.5 Å². The van der Waals surface area contributed by atoms with Gasteiger partial charge in [0, 0.05) is 11.6 Å². The standard InChI is InChI=1S/C8H15NO2/c1-4-11-8(10)6(2)5-7(3)9/h5,7H,4,9H2,1-3H3/b6-5+/t7-/m0/s1. The van der Waals surface area contributed by atoms with E-state index in [9.17, 15) is 4.79 Å². The second-order valence-corrected chi connectivity index (χ2v) is 2.43. The topological polar surface area (TPSA) is 52.3 Å². The van der Waals surface area contributed by atoms with Gasteiger partial charge in [-0.25, -0.2) is 4.79 Å². The molecule has 3 nitrogen and oxygen atoms in total. The van der Waals surface area contributed by atoms with Gasteiger partial charge in [0.25, 0.3) is 0 Å². The van der Waals surface area contributed by atoms with Crippen LogP contribution in [0.1, 0.15) is 20.8 Å². The molecule has 0 aliphatic rings. The Morgan fingerprint density at radius 3 is 2.64 bits per heavy atom. The SMILES string of the molecule is CCOC(=O)/C(C)=C/[C@H](C)N. The molecule has 0 fully saturated rings. The van der Waals surface area contributed by atoms with Gasteiger partial charge in [0.15, 0.2) is 0 Å².